The lowest BCUT2D eigenvalue weighted by Crippen LogP contribution is -2.63. The van der Waals surface area contributed by atoms with Gasteiger partial charge in [0.25, 0.3) is 0 Å². The molecule has 140 valence electrons. The van der Waals surface area contributed by atoms with Crippen molar-refractivity contribution in [1.82, 2.24) is 0 Å². The van der Waals surface area contributed by atoms with Gasteiger partial charge in [0, 0.05) is 34.4 Å². The van der Waals surface area contributed by atoms with Gasteiger partial charge < -0.3 is 40.9 Å². The highest BCUT2D eigenvalue weighted by molar-refractivity contribution is 5.61. The molecule has 2 aromatic carbocycles. The Morgan fingerprint density at radius 2 is 0.923 bits per heavy atom. The summed E-state index contributed by atoms with van der Waals surface area (Å²) < 4.78 is 0. The Labute approximate surface area is 148 Å². The van der Waals surface area contributed by atoms with Gasteiger partial charge in [0.05, 0.1) is 0 Å². The molecule has 26 heavy (non-hydrogen) atoms. The average molecular weight is 362 g/mol. The van der Waals surface area contributed by atoms with Crippen LogP contribution in [0.4, 0.5) is 0 Å². The van der Waals surface area contributed by atoms with Crippen molar-refractivity contribution >= 4 is 0 Å². The van der Waals surface area contributed by atoms with Gasteiger partial charge in [0.1, 0.15) is 34.5 Å². The van der Waals surface area contributed by atoms with Crippen LogP contribution in [0.3, 0.4) is 0 Å². The fourth-order valence-electron chi connectivity index (χ4n) is 3.51. The van der Waals surface area contributed by atoms with Gasteiger partial charge in [-0.05, 0) is 25.7 Å². The number of phenols is 6. The van der Waals surface area contributed by atoms with Crippen LogP contribution in [-0.4, -0.2) is 42.8 Å². The quantitative estimate of drug-likeness (QED) is 0.430. The summed E-state index contributed by atoms with van der Waals surface area (Å²) >= 11 is 0. The number of rotatable bonds is 2. The molecule has 1 fully saturated rings. The summed E-state index contributed by atoms with van der Waals surface area (Å²) in [6.45, 7) is 2.73. The molecule has 0 unspecified atom stereocenters. The van der Waals surface area contributed by atoms with Crippen LogP contribution in [-0.2, 0) is 0 Å². The normalized spacial score (nSPS) is 25.1. The lowest BCUT2D eigenvalue weighted by atomic mass is 9.62. The van der Waals surface area contributed by atoms with Crippen molar-refractivity contribution < 1.29 is 40.9 Å². The summed E-state index contributed by atoms with van der Waals surface area (Å²) in [7, 11) is 0. The van der Waals surface area contributed by atoms with Gasteiger partial charge >= 0.3 is 0 Å². The highest BCUT2D eigenvalue weighted by Gasteiger charge is 2.44. The van der Waals surface area contributed by atoms with Gasteiger partial charge in [-0.15, -0.1) is 12.2 Å². The lowest BCUT2D eigenvalue weighted by Gasteiger charge is -2.61. The van der Waals surface area contributed by atoms with Crippen molar-refractivity contribution in [2.75, 3.05) is 0 Å². The van der Waals surface area contributed by atoms with Crippen LogP contribution < -0.4 is 10.2 Å². The number of hydrogen-bond acceptors (Lipinski definition) is 8. The molecule has 0 atom stereocenters. The summed E-state index contributed by atoms with van der Waals surface area (Å²) in [5, 5.41) is 84.8. The molecule has 2 aromatic rings. The zero-order valence-electron chi connectivity index (χ0n) is 14.0. The standard InChI is InChI=1S/C18H18O8/c1-5-7(19)3-9(21)11(15(5)23)13-17(25)14(18(13)26)12-10(22)4-8(20)6(2)16(12)24/h3-4,13-14,17-24H,1-2H3/q-2. The van der Waals surface area contributed by atoms with Gasteiger partial charge in [-0.2, -0.15) is 0 Å². The monoisotopic (exact) mass is 362 g/mol. The number of phenolic OH excluding ortho intramolecular Hbond substituents is 6. The summed E-state index contributed by atoms with van der Waals surface area (Å²) in [5.41, 5.74) is -0.476. The van der Waals surface area contributed by atoms with E-state index in [1.165, 1.54) is 13.8 Å². The Bertz CT molecular complexity index is 810. The molecule has 0 heterocycles. The van der Waals surface area contributed by atoms with Gasteiger partial charge in [0.15, 0.2) is 0 Å². The highest BCUT2D eigenvalue weighted by Crippen LogP contribution is 2.55. The van der Waals surface area contributed by atoms with Crippen molar-refractivity contribution in [3.8, 4) is 34.5 Å². The van der Waals surface area contributed by atoms with Crippen molar-refractivity contribution in [2.45, 2.75) is 37.9 Å². The Morgan fingerprint density at radius 3 is 1.23 bits per heavy atom. The molecule has 1 aliphatic rings. The third kappa shape index (κ3) is 2.30. The minimum Gasteiger partial charge on any atom is -0.851 e. The van der Waals surface area contributed by atoms with E-state index < -0.39 is 47.0 Å². The van der Waals surface area contributed by atoms with Crippen LogP contribution in [0.15, 0.2) is 12.1 Å². The molecule has 0 aliphatic heterocycles. The van der Waals surface area contributed by atoms with Crippen LogP contribution in [0.5, 0.6) is 34.5 Å². The SMILES string of the molecule is Cc1c(O)cc(O)c(C2C([O-])C(c3c(O)cc(O)c(C)c3O)C2[O-])c1O. The van der Waals surface area contributed by atoms with E-state index in [0.717, 1.165) is 12.1 Å². The molecule has 3 rings (SSSR count). The van der Waals surface area contributed by atoms with Gasteiger partial charge in [-0.3, -0.25) is 0 Å². The first-order valence-electron chi connectivity index (χ1n) is 7.88. The first kappa shape index (κ1) is 18.0. The smallest absolute Gasteiger partial charge is 0.129 e. The molecule has 8 heteroatoms. The van der Waals surface area contributed by atoms with Gasteiger partial charge in [0.2, 0.25) is 0 Å². The van der Waals surface area contributed by atoms with Gasteiger partial charge in [-0.1, -0.05) is 0 Å². The second kappa shape index (κ2) is 5.86. The zero-order valence-corrected chi connectivity index (χ0v) is 14.0. The summed E-state index contributed by atoms with van der Waals surface area (Å²) in [6.07, 6.45) is -3.34. The van der Waals surface area contributed by atoms with Crippen LogP contribution in [0.2, 0.25) is 0 Å². The van der Waals surface area contributed by atoms with Crippen molar-refractivity contribution in [3.05, 3.63) is 34.4 Å². The van der Waals surface area contributed by atoms with Crippen LogP contribution >= 0.6 is 0 Å². The summed E-state index contributed by atoms with van der Waals surface area (Å²) in [4.78, 5) is 0. The Balaban J connectivity index is 2.05. The maximum absolute atomic E-state index is 12.7. The molecule has 1 aliphatic carbocycles. The second-order valence-corrected chi connectivity index (χ2v) is 6.58. The molecular weight excluding hydrogens is 344 g/mol. The van der Waals surface area contributed by atoms with E-state index in [4.69, 9.17) is 0 Å². The lowest BCUT2D eigenvalue weighted by molar-refractivity contribution is -0.536. The third-order valence-electron chi connectivity index (χ3n) is 5.17. The minimum absolute atomic E-state index is 0.0202. The van der Waals surface area contributed by atoms with E-state index >= 15 is 0 Å². The van der Waals surface area contributed by atoms with E-state index in [1.54, 1.807) is 0 Å². The topological polar surface area (TPSA) is 168 Å². The molecule has 0 amide bonds. The van der Waals surface area contributed by atoms with Crippen LogP contribution in [0.25, 0.3) is 0 Å². The van der Waals surface area contributed by atoms with Gasteiger partial charge in [-0.25, -0.2) is 0 Å². The Morgan fingerprint density at radius 1 is 0.615 bits per heavy atom. The molecule has 0 radical (unpaired) electrons. The van der Waals surface area contributed by atoms with Crippen molar-refractivity contribution in [1.29, 1.82) is 0 Å². The maximum Gasteiger partial charge on any atom is 0.129 e. The molecule has 0 spiro atoms. The predicted molar refractivity (Wildman–Crippen MR) is 85.4 cm³/mol. The maximum atomic E-state index is 12.7. The average Bonchev–Trinajstić information content (AvgIpc) is 2.58. The molecule has 0 bridgehead atoms. The molecule has 6 N–H and O–H groups in total. The first-order valence-corrected chi connectivity index (χ1v) is 7.88. The highest BCUT2D eigenvalue weighted by atomic mass is 16.3. The second-order valence-electron chi connectivity index (χ2n) is 6.58. The number of hydrogen-bond donors (Lipinski definition) is 6. The third-order valence-corrected chi connectivity index (χ3v) is 5.17. The van der Waals surface area contributed by atoms with E-state index in [-0.39, 0.29) is 33.8 Å². The van der Waals surface area contributed by atoms with E-state index in [0.29, 0.717) is 0 Å². The Kier molecular flexibility index (Phi) is 4.05. The van der Waals surface area contributed by atoms with Crippen LogP contribution in [0, 0.1) is 13.8 Å². The molecule has 0 aromatic heterocycles. The van der Waals surface area contributed by atoms with E-state index in [2.05, 4.69) is 0 Å². The summed E-state index contributed by atoms with van der Waals surface area (Å²) in [6, 6.07) is 1.88. The summed E-state index contributed by atoms with van der Waals surface area (Å²) in [5.74, 6) is -5.65. The van der Waals surface area contributed by atoms with E-state index in [1.807, 2.05) is 0 Å². The van der Waals surface area contributed by atoms with Crippen molar-refractivity contribution in [3.63, 3.8) is 0 Å². The van der Waals surface area contributed by atoms with Crippen molar-refractivity contribution in [2.24, 2.45) is 0 Å². The number of aromatic hydroxyl groups is 6. The largest absolute Gasteiger partial charge is 0.851 e. The first-order chi connectivity index (χ1) is 12.1. The van der Waals surface area contributed by atoms with Crippen LogP contribution in [0.1, 0.15) is 34.1 Å². The van der Waals surface area contributed by atoms with E-state index in [9.17, 15) is 40.9 Å². The zero-order chi connectivity index (χ0) is 19.5. The number of benzene rings is 2. The molecule has 8 nitrogen and oxygen atoms in total. The fourth-order valence-corrected chi connectivity index (χ4v) is 3.51. The minimum atomic E-state index is -1.67. The molecule has 0 saturated heterocycles. The molecular formula is C18H18O8-2. The molecule has 1 saturated carbocycles. The predicted octanol–water partition coefficient (Wildman–Crippen LogP) is -0.124. The Hall–Kier alpha value is -2.84. The fraction of sp³-hybridized carbons (Fsp3) is 0.333.